The zero-order valence-corrected chi connectivity index (χ0v) is 15.5. The molecule has 2 N–H and O–H groups in total. The number of fused-ring (bicyclic) bond motifs is 1. The second kappa shape index (κ2) is 11.1. The maximum absolute atomic E-state index is 9.00. The minimum atomic E-state index is -0.833. The zero-order chi connectivity index (χ0) is 18.6. The molecule has 26 heavy (non-hydrogen) atoms. The molecule has 1 aliphatic heterocycles. The Morgan fingerprint density at radius 2 is 1.31 bits per heavy atom. The van der Waals surface area contributed by atoms with E-state index < -0.39 is 5.97 Å². The van der Waals surface area contributed by atoms with Crippen LogP contribution in [0.3, 0.4) is 0 Å². The fourth-order valence-corrected chi connectivity index (χ4v) is 3.03. The van der Waals surface area contributed by atoms with Crippen LogP contribution in [0.1, 0.15) is 18.1 Å². The maximum Gasteiger partial charge on any atom is 0.0211 e. The molecule has 0 unspecified atom stereocenters. The third-order valence-electron chi connectivity index (χ3n) is 3.15. The Labute approximate surface area is 159 Å². The smallest absolute Gasteiger partial charge is 0.0211 e. The van der Waals surface area contributed by atoms with Crippen molar-refractivity contribution in [1.29, 1.82) is 0 Å². The fourth-order valence-electron chi connectivity index (χ4n) is 2.09. The van der Waals surface area contributed by atoms with Crippen LogP contribution < -0.4 is 14.6 Å². The number of hydrogen-bond acceptors (Lipinski definition) is 4. The van der Waals surface area contributed by atoms with E-state index in [1.165, 1.54) is 11.1 Å². The van der Waals surface area contributed by atoms with Crippen molar-refractivity contribution in [2.24, 2.45) is 0 Å². The van der Waals surface area contributed by atoms with Crippen molar-refractivity contribution in [2.75, 3.05) is 0 Å². The first kappa shape index (κ1) is 19.8. The molecule has 1 aromatic carbocycles. The zero-order valence-electron chi connectivity index (χ0n) is 14.4. The van der Waals surface area contributed by atoms with Gasteiger partial charge in [-0.2, -0.15) is 0 Å². The van der Waals surface area contributed by atoms with Gasteiger partial charge in [-0.15, -0.1) is 0 Å². The van der Waals surface area contributed by atoms with Gasteiger partial charge in [0.15, 0.2) is 0 Å². The Bertz CT molecular complexity index is 734. The Morgan fingerprint density at radius 3 is 1.69 bits per heavy atom. The van der Waals surface area contributed by atoms with Gasteiger partial charge >= 0.3 is 82.7 Å². The van der Waals surface area contributed by atoms with Crippen molar-refractivity contribution in [1.82, 2.24) is 15.3 Å². The molecule has 0 fully saturated rings. The molecule has 6 heteroatoms. The summed E-state index contributed by atoms with van der Waals surface area (Å²) in [6.07, 6.45) is 3.59. The van der Waals surface area contributed by atoms with Crippen molar-refractivity contribution < 1.29 is 24.6 Å². The van der Waals surface area contributed by atoms with Gasteiger partial charge in [0.2, 0.25) is 0 Å². The number of aromatic nitrogens is 2. The van der Waals surface area contributed by atoms with Gasteiger partial charge in [-0.3, -0.25) is 4.79 Å². The van der Waals surface area contributed by atoms with E-state index >= 15 is 0 Å². The number of benzene rings is 1. The van der Waals surface area contributed by atoms with Gasteiger partial charge in [0, 0.05) is 20.0 Å². The summed E-state index contributed by atoms with van der Waals surface area (Å²) in [7, 11) is 0. The van der Waals surface area contributed by atoms with Crippen LogP contribution in [0.2, 0.25) is 0 Å². The van der Waals surface area contributed by atoms with Crippen molar-refractivity contribution >= 4 is 15.2 Å². The first-order valence-corrected chi connectivity index (χ1v) is 9.08. The van der Waals surface area contributed by atoms with Crippen LogP contribution in [0.15, 0.2) is 73.1 Å². The van der Waals surface area contributed by atoms with E-state index in [2.05, 4.69) is 39.6 Å². The minimum absolute atomic E-state index is 0.833. The first-order valence-electron chi connectivity index (χ1n) is 8.04. The predicted octanol–water partition coefficient (Wildman–Crippen LogP) is 1.89. The molecule has 2 aromatic heterocycles. The number of nitrogens with one attached hydrogen (secondary N) is 1. The number of hydrogen-bond donors (Lipinski definition) is 2. The number of carboxylic acids is 1. The van der Waals surface area contributed by atoms with Crippen LogP contribution in [-0.2, 0) is 32.6 Å². The van der Waals surface area contributed by atoms with Gasteiger partial charge in [-0.05, 0) is 11.1 Å². The van der Waals surface area contributed by atoms with Crippen LogP contribution in [0.5, 0.6) is 0 Å². The number of carbonyl (C=O) groups is 1. The number of carboxylic acid groups (broad SMARTS) is 1. The normalized spacial score (nSPS) is 11.4. The molecule has 0 spiro atoms. The fraction of sp³-hybridized carbons (Fsp3) is 0.150. The first-order chi connectivity index (χ1) is 12.6. The van der Waals surface area contributed by atoms with Crippen LogP contribution in [-0.4, -0.2) is 21.0 Å². The molecular weight excluding hydrogens is 373 g/mol. The largest absolute Gasteiger partial charge is 0.309 e. The van der Waals surface area contributed by atoms with E-state index in [-0.39, 0.29) is 0 Å². The Kier molecular flexibility index (Phi) is 8.48. The van der Waals surface area contributed by atoms with Gasteiger partial charge in [0.1, 0.15) is 0 Å². The molecule has 0 radical (unpaired) electrons. The van der Waals surface area contributed by atoms with E-state index in [1.54, 1.807) is 12.4 Å². The summed E-state index contributed by atoms with van der Waals surface area (Å²) in [6.45, 7) is 3.19. The van der Waals surface area contributed by atoms with E-state index in [9.17, 15) is 0 Å². The summed E-state index contributed by atoms with van der Waals surface area (Å²) in [5.74, 6) is -0.833. The van der Waals surface area contributed by atoms with Gasteiger partial charge in [-0.1, -0.05) is 24.3 Å². The van der Waals surface area contributed by atoms with Crippen LogP contribution in [0.25, 0.3) is 0 Å². The molecule has 137 valence electrons. The Morgan fingerprint density at radius 1 is 0.885 bits per heavy atom. The average Bonchev–Trinajstić information content (AvgIpc) is 3.12. The molecule has 1 aliphatic rings. The number of rotatable bonds is 2. The third-order valence-corrected chi connectivity index (χ3v) is 4.30. The van der Waals surface area contributed by atoms with E-state index in [0.29, 0.717) is 0 Å². The summed E-state index contributed by atoms with van der Waals surface area (Å²) >= 11 is 1.09. The molecular formula is C20H21CoN3O2. The second-order valence-electron chi connectivity index (χ2n) is 5.23. The molecule has 5 nitrogen and oxygen atoms in total. The molecule has 0 atom stereocenters. The second-order valence-corrected chi connectivity index (χ2v) is 6.56. The standard InChI is InChI=1S/C8H9N.2C5H4N.C2H4O2.Co/c1-2-4-8-6-9-5-7(8)3-1;2*1-2-4-6-5-3-1;1-2(3)4;/h1-4,9H,5-6H2;2*1-4H;1H3,(H,3,4);. The predicted molar refractivity (Wildman–Crippen MR) is 98.0 cm³/mol. The number of nitrogens with zero attached hydrogens (tertiary/aromatic N) is 2. The van der Waals surface area contributed by atoms with Crippen molar-refractivity contribution in [3.63, 3.8) is 0 Å². The van der Waals surface area contributed by atoms with Gasteiger partial charge < -0.3 is 10.4 Å². The maximum atomic E-state index is 9.00. The molecule has 3 aromatic rings. The molecule has 0 saturated carbocycles. The summed E-state index contributed by atoms with van der Waals surface area (Å²) in [5.41, 5.74) is 2.91. The topological polar surface area (TPSA) is 75.1 Å². The van der Waals surface area contributed by atoms with E-state index in [1.807, 2.05) is 36.4 Å². The SMILES string of the molecule is CC(=O)O.c1cc[c]([Co][c]2ccccn2)nc1.c1ccc2c(c1)CNC2. The summed E-state index contributed by atoms with van der Waals surface area (Å²) in [4.78, 5) is 17.4. The van der Waals surface area contributed by atoms with Crippen molar-refractivity contribution in [3.05, 3.63) is 84.2 Å². The minimum Gasteiger partial charge on any atom is -0.309 e. The molecule has 0 amide bonds. The van der Waals surface area contributed by atoms with Crippen molar-refractivity contribution in [3.8, 4) is 0 Å². The molecule has 3 heterocycles. The van der Waals surface area contributed by atoms with Gasteiger partial charge in [0.25, 0.3) is 5.97 Å². The Balaban J connectivity index is 0.000000162. The van der Waals surface area contributed by atoms with Crippen LogP contribution >= 0.6 is 0 Å². The van der Waals surface area contributed by atoms with Crippen molar-refractivity contribution in [2.45, 2.75) is 20.0 Å². The molecule has 0 saturated heterocycles. The number of aliphatic carboxylic acids is 1. The van der Waals surface area contributed by atoms with E-state index in [0.717, 1.165) is 44.0 Å². The third kappa shape index (κ3) is 7.56. The van der Waals surface area contributed by atoms with Crippen LogP contribution in [0, 0.1) is 0 Å². The molecule has 0 aliphatic carbocycles. The van der Waals surface area contributed by atoms with Gasteiger partial charge in [0.05, 0.1) is 0 Å². The number of pyridine rings is 2. The van der Waals surface area contributed by atoms with Gasteiger partial charge in [-0.25, -0.2) is 0 Å². The summed E-state index contributed by atoms with van der Waals surface area (Å²) in [5, 5.41) is 10.7. The van der Waals surface area contributed by atoms with Crippen LogP contribution in [0.4, 0.5) is 0 Å². The molecule has 4 rings (SSSR count). The monoisotopic (exact) mass is 394 g/mol. The Hall–Kier alpha value is -2.54. The molecule has 0 bridgehead atoms. The quantitative estimate of drug-likeness (QED) is 0.695. The van der Waals surface area contributed by atoms with E-state index in [4.69, 9.17) is 9.90 Å². The summed E-state index contributed by atoms with van der Waals surface area (Å²) < 4.78 is 2.05. The summed E-state index contributed by atoms with van der Waals surface area (Å²) in [6, 6.07) is 20.3. The average molecular weight is 394 g/mol.